The zero-order valence-electron chi connectivity index (χ0n) is 17.2. The van der Waals surface area contributed by atoms with E-state index in [1.807, 2.05) is 30.3 Å². The van der Waals surface area contributed by atoms with E-state index in [-0.39, 0.29) is 6.54 Å². The molecule has 0 aliphatic carbocycles. The average molecular weight is 441 g/mol. The van der Waals surface area contributed by atoms with Crippen LogP contribution in [0.1, 0.15) is 11.9 Å². The van der Waals surface area contributed by atoms with E-state index in [0.29, 0.717) is 5.69 Å². The van der Waals surface area contributed by atoms with Gasteiger partial charge in [-0.2, -0.15) is 0 Å². The molecule has 2 aromatic heterocycles. The summed E-state index contributed by atoms with van der Waals surface area (Å²) in [6.07, 6.45) is -2.28. The first-order valence-corrected chi connectivity index (χ1v) is 9.96. The summed E-state index contributed by atoms with van der Waals surface area (Å²) in [5.41, 5.74) is 0.972. The second-order valence-corrected chi connectivity index (χ2v) is 7.42. The molecule has 1 unspecified atom stereocenters. The third-order valence-corrected chi connectivity index (χ3v) is 5.45. The van der Waals surface area contributed by atoms with Crippen molar-refractivity contribution in [3.05, 3.63) is 81.4 Å². The van der Waals surface area contributed by atoms with E-state index in [1.54, 1.807) is 19.4 Å². The molecule has 4 rings (SSSR count). The average Bonchev–Trinajstić information content (AvgIpc) is 3.10. The van der Waals surface area contributed by atoms with E-state index in [4.69, 9.17) is 9.47 Å². The summed E-state index contributed by atoms with van der Waals surface area (Å²) < 4.78 is 12.6. The maximum Gasteiger partial charge on any atom is 0.333 e. The number of aliphatic hydroxyl groups is 3. The van der Waals surface area contributed by atoms with Gasteiger partial charge < -0.3 is 24.8 Å². The molecular formula is C22H23N3O7. The third kappa shape index (κ3) is 4.08. The highest BCUT2D eigenvalue weighted by molar-refractivity contribution is 5.64. The number of benzene rings is 1. The molecule has 1 saturated heterocycles. The third-order valence-electron chi connectivity index (χ3n) is 5.45. The van der Waals surface area contributed by atoms with Crippen LogP contribution in [0, 0.1) is 0 Å². The van der Waals surface area contributed by atoms with Crippen molar-refractivity contribution >= 4 is 0 Å². The van der Waals surface area contributed by atoms with E-state index in [0.717, 1.165) is 26.0 Å². The zero-order chi connectivity index (χ0) is 22.8. The largest absolute Gasteiger partial charge is 0.497 e. The molecule has 0 spiro atoms. The molecule has 1 aliphatic rings. The van der Waals surface area contributed by atoms with Gasteiger partial charge in [-0.15, -0.1) is 0 Å². The minimum Gasteiger partial charge on any atom is -0.497 e. The summed E-state index contributed by atoms with van der Waals surface area (Å²) in [6, 6.07) is 12.2. The number of pyridine rings is 1. The van der Waals surface area contributed by atoms with Gasteiger partial charge in [0.25, 0.3) is 5.56 Å². The molecule has 10 nitrogen and oxygen atoms in total. The summed E-state index contributed by atoms with van der Waals surface area (Å²) in [5.74, 6) is 0.726. The van der Waals surface area contributed by atoms with Gasteiger partial charge in [-0.1, -0.05) is 12.1 Å². The Hall–Kier alpha value is -3.31. The highest BCUT2D eigenvalue weighted by atomic mass is 16.6. The van der Waals surface area contributed by atoms with Crippen LogP contribution >= 0.6 is 0 Å². The number of aliphatic hydroxyl groups excluding tert-OH is 3. The molecule has 1 fully saturated rings. The van der Waals surface area contributed by atoms with Crippen LogP contribution < -0.4 is 16.0 Å². The van der Waals surface area contributed by atoms with E-state index < -0.39 is 42.4 Å². The normalized spacial score (nSPS) is 22.8. The summed E-state index contributed by atoms with van der Waals surface area (Å²) in [4.78, 5) is 29.7. The molecule has 10 heteroatoms. The minimum absolute atomic E-state index is 0.0999. The van der Waals surface area contributed by atoms with E-state index in [1.165, 1.54) is 12.3 Å². The summed E-state index contributed by atoms with van der Waals surface area (Å²) in [5, 5.41) is 29.5. The SMILES string of the molecule is COc1ccc(-c2ccnc(Cn3c(=O)ccn([C@@H]4O[C@H](CO)[C@H](O)C4O)c3=O)c2)cc1. The molecular weight excluding hydrogens is 418 g/mol. The van der Waals surface area contributed by atoms with Gasteiger partial charge in [-0.3, -0.25) is 18.9 Å². The topological polar surface area (TPSA) is 136 Å². The van der Waals surface area contributed by atoms with E-state index >= 15 is 0 Å². The summed E-state index contributed by atoms with van der Waals surface area (Å²) in [6.45, 7) is -0.623. The summed E-state index contributed by atoms with van der Waals surface area (Å²) >= 11 is 0. The molecule has 0 radical (unpaired) electrons. The van der Waals surface area contributed by atoms with Crippen molar-refractivity contribution < 1.29 is 24.8 Å². The maximum atomic E-state index is 13.0. The predicted octanol–water partition coefficient (Wildman–Crippen LogP) is -0.260. The Kier molecular flexibility index (Phi) is 6.19. The second-order valence-electron chi connectivity index (χ2n) is 7.42. The molecule has 3 aromatic rings. The Morgan fingerprint density at radius 3 is 2.47 bits per heavy atom. The molecule has 32 heavy (non-hydrogen) atoms. The zero-order valence-corrected chi connectivity index (χ0v) is 17.2. The van der Waals surface area contributed by atoms with Gasteiger partial charge >= 0.3 is 5.69 Å². The van der Waals surface area contributed by atoms with Crippen LogP contribution in [0.2, 0.25) is 0 Å². The number of methoxy groups -OCH3 is 1. The Balaban J connectivity index is 1.65. The van der Waals surface area contributed by atoms with Crippen molar-refractivity contribution in [3.63, 3.8) is 0 Å². The summed E-state index contributed by atoms with van der Waals surface area (Å²) in [7, 11) is 1.59. The van der Waals surface area contributed by atoms with Gasteiger partial charge in [0.05, 0.1) is 26.0 Å². The van der Waals surface area contributed by atoms with Gasteiger partial charge in [-0.25, -0.2) is 4.79 Å². The molecule has 1 aromatic carbocycles. The fraction of sp³-hybridized carbons (Fsp3) is 0.318. The predicted molar refractivity (Wildman–Crippen MR) is 113 cm³/mol. The molecule has 1 aliphatic heterocycles. The van der Waals surface area contributed by atoms with Crippen LogP contribution in [0.25, 0.3) is 11.1 Å². The van der Waals surface area contributed by atoms with Crippen LogP contribution in [0.4, 0.5) is 0 Å². The van der Waals surface area contributed by atoms with Crippen LogP contribution in [0.5, 0.6) is 5.75 Å². The lowest BCUT2D eigenvalue weighted by Gasteiger charge is -2.18. The number of aromatic nitrogens is 3. The van der Waals surface area contributed by atoms with Gasteiger partial charge in [0.15, 0.2) is 6.23 Å². The monoisotopic (exact) mass is 441 g/mol. The molecule has 0 amide bonds. The number of hydrogen-bond acceptors (Lipinski definition) is 8. The van der Waals surface area contributed by atoms with Crippen LogP contribution in [0.3, 0.4) is 0 Å². The van der Waals surface area contributed by atoms with Gasteiger partial charge in [-0.05, 0) is 35.4 Å². The number of ether oxygens (including phenoxy) is 2. The van der Waals surface area contributed by atoms with Gasteiger partial charge in [0, 0.05) is 18.5 Å². The van der Waals surface area contributed by atoms with Crippen molar-refractivity contribution in [1.29, 1.82) is 0 Å². The van der Waals surface area contributed by atoms with Crippen LogP contribution in [-0.4, -0.2) is 61.5 Å². The van der Waals surface area contributed by atoms with E-state index in [9.17, 15) is 24.9 Å². The highest BCUT2D eigenvalue weighted by Gasteiger charge is 2.43. The van der Waals surface area contributed by atoms with Crippen molar-refractivity contribution in [2.75, 3.05) is 13.7 Å². The lowest BCUT2D eigenvalue weighted by molar-refractivity contribution is -0.0555. The first-order chi connectivity index (χ1) is 15.4. The maximum absolute atomic E-state index is 13.0. The fourth-order valence-electron chi connectivity index (χ4n) is 3.67. The van der Waals surface area contributed by atoms with Crippen LogP contribution in [-0.2, 0) is 11.3 Å². The standard InChI is InChI=1S/C22H23N3O7/c1-31-16-4-2-13(3-5-16)14-6-8-23-15(10-14)11-25-18(27)7-9-24(22(25)30)21-20(29)19(28)17(12-26)32-21/h2-10,17,19-21,26,28-29H,11-12H2,1H3/t17-,19+,20?,21-/m1/s1. The highest BCUT2D eigenvalue weighted by Crippen LogP contribution is 2.28. The van der Waals surface area contributed by atoms with Crippen molar-refractivity contribution in [2.24, 2.45) is 0 Å². The molecule has 4 atom stereocenters. The lowest BCUT2D eigenvalue weighted by Crippen LogP contribution is -2.43. The molecule has 168 valence electrons. The van der Waals surface area contributed by atoms with Crippen molar-refractivity contribution in [2.45, 2.75) is 31.1 Å². The quantitative estimate of drug-likeness (QED) is 0.476. The molecule has 3 N–H and O–H groups in total. The molecule has 0 bridgehead atoms. The Morgan fingerprint density at radius 1 is 1.06 bits per heavy atom. The molecule has 0 saturated carbocycles. The lowest BCUT2D eigenvalue weighted by atomic mass is 10.1. The fourth-order valence-corrected chi connectivity index (χ4v) is 3.67. The second kappa shape index (κ2) is 9.05. The minimum atomic E-state index is -1.44. The smallest absolute Gasteiger partial charge is 0.333 e. The van der Waals surface area contributed by atoms with Gasteiger partial charge in [0.2, 0.25) is 0 Å². The first-order valence-electron chi connectivity index (χ1n) is 9.96. The van der Waals surface area contributed by atoms with Crippen molar-refractivity contribution in [3.8, 4) is 16.9 Å². The van der Waals surface area contributed by atoms with Gasteiger partial charge in [0.1, 0.15) is 24.1 Å². The van der Waals surface area contributed by atoms with Crippen LogP contribution in [0.15, 0.2) is 64.4 Å². The Labute approximate surface area is 182 Å². The van der Waals surface area contributed by atoms with E-state index in [2.05, 4.69) is 4.98 Å². The Bertz CT molecular complexity index is 1210. The number of hydrogen-bond donors (Lipinski definition) is 3. The Morgan fingerprint density at radius 2 is 1.81 bits per heavy atom. The first kappa shape index (κ1) is 21.9. The number of rotatable bonds is 6. The number of nitrogens with zero attached hydrogens (tertiary/aromatic N) is 3. The molecule has 3 heterocycles. The van der Waals surface area contributed by atoms with Crippen molar-refractivity contribution in [1.82, 2.24) is 14.1 Å².